The number of aromatic nitrogens is 2. The number of aryl methyl sites for hydroxylation is 1. The first kappa shape index (κ1) is 19.0. The summed E-state index contributed by atoms with van der Waals surface area (Å²) in [6, 6.07) is 19.8. The molecule has 4 aromatic rings. The molecule has 5 nitrogen and oxygen atoms in total. The summed E-state index contributed by atoms with van der Waals surface area (Å²) in [5, 5.41) is 11.2. The number of nitrogens with one attached hydrogen (secondary N) is 2. The number of amides is 1. The third kappa shape index (κ3) is 4.07. The smallest absolute Gasteiger partial charge is 0.274 e. The molecule has 0 saturated heterocycles. The number of carbonyl (C=O) groups is 1. The minimum absolute atomic E-state index is 0.0509. The Morgan fingerprint density at radius 1 is 1.07 bits per heavy atom. The molecule has 1 amide bonds. The van der Waals surface area contributed by atoms with Gasteiger partial charge in [-0.1, -0.05) is 41.9 Å². The predicted octanol–water partition coefficient (Wildman–Crippen LogP) is 5.23. The quantitative estimate of drug-likeness (QED) is 0.475. The van der Waals surface area contributed by atoms with Crippen molar-refractivity contribution in [2.75, 3.05) is 10.6 Å². The van der Waals surface area contributed by atoms with Crippen LogP contribution in [-0.2, 0) is 13.6 Å². The van der Waals surface area contributed by atoms with Gasteiger partial charge in [-0.2, -0.15) is 5.10 Å². The number of carbonyl (C=O) groups excluding carboxylic acids is 1. The number of benzene rings is 3. The van der Waals surface area contributed by atoms with Crippen LogP contribution >= 0.6 is 11.6 Å². The fourth-order valence-corrected chi connectivity index (χ4v) is 3.32. The molecule has 0 spiro atoms. The Hall–Kier alpha value is -3.38. The molecule has 0 bridgehead atoms. The Morgan fingerprint density at radius 2 is 1.83 bits per heavy atom. The van der Waals surface area contributed by atoms with Crippen LogP contribution in [-0.4, -0.2) is 15.7 Å². The predicted molar refractivity (Wildman–Crippen MR) is 114 cm³/mol. The fraction of sp³-hybridized carbons (Fsp3) is 0.0909. The van der Waals surface area contributed by atoms with E-state index in [9.17, 15) is 9.18 Å². The van der Waals surface area contributed by atoms with E-state index in [0.29, 0.717) is 23.4 Å². The van der Waals surface area contributed by atoms with Crippen LogP contribution in [0.3, 0.4) is 0 Å². The summed E-state index contributed by atoms with van der Waals surface area (Å²) >= 11 is 5.80. The summed E-state index contributed by atoms with van der Waals surface area (Å²) < 4.78 is 14.9. The largest absolute Gasteiger partial charge is 0.381 e. The topological polar surface area (TPSA) is 59.0 Å². The van der Waals surface area contributed by atoms with Gasteiger partial charge in [-0.15, -0.1) is 0 Å². The molecule has 0 fully saturated rings. The molecule has 0 saturated carbocycles. The minimum atomic E-state index is -0.537. The van der Waals surface area contributed by atoms with Crippen LogP contribution in [0, 0.1) is 5.82 Å². The maximum Gasteiger partial charge on any atom is 0.274 e. The number of anilines is 2. The zero-order valence-electron chi connectivity index (χ0n) is 15.6. The first-order valence-electron chi connectivity index (χ1n) is 9.02. The highest BCUT2D eigenvalue weighted by Gasteiger charge is 2.18. The van der Waals surface area contributed by atoms with Crippen molar-refractivity contribution in [3.63, 3.8) is 0 Å². The van der Waals surface area contributed by atoms with Crippen molar-refractivity contribution in [3.05, 3.63) is 88.8 Å². The van der Waals surface area contributed by atoms with Crippen LogP contribution in [0.4, 0.5) is 15.8 Å². The van der Waals surface area contributed by atoms with Crippen LogP contribution in [0.2, 0.25) is 5.02 Å². The van der Waals surface area contributed by atoms with Crippen molar-refractivity contribution >= 4 is 39.8 Å². The van der Waals surface area contributed by atoms with E-state index in [1.807, 2.05) is 48.5 Å². The molecule has 0 aliphatic heterocycles. The molecule has 7 heteroatoms. The summed E-state index contributed by atoms with van der Waals surface area (Å²) in [4.78, 5) is 12.9. The van der Waals surface area contributed by atoms with Gasteiger partial charge in [0.2, 0.25) is 0 Å². The van der Waals surface area contributed by atoms with Crippen molar-refractivity contribution in [2.45, 2.75) is 6.54 Å². The van der Waals surface area contributed by atoms with E-state index in [4.69, 9.17) is 11.6 Å². The van der Waals surface area contributed by atoms with Gasteiger partial charge in [-0.3, -0.25) is 9.48 Å². The summed E-state index contributed by atoms with van der Waals surface area (Å²) in [5.74, 6) is -0.886. The van der Waals surface area contributed by atoms with Gasteiger partial charge in [-0.05, 0) is 42.0 Å². The lowest BCUT2D eigenvalue weighted by atomic mass is 10.1. The molecule has 3 aromatic carbocycles. The van der Waals surface area contributed by atoms with Gasteiger partial charge < -0.3 is 10.6 Å². The summed E-state index contributed by atoms with van der Waals surface area (Å²) in [5.41, 5.74) is 3.57. The summed E-state index contributed by atoms with van der Waals surface area (Å²) in [6.45, 7) is 0.669. The van der Waals surface area contributed by atoms with Gasteiger partial charge in [0.15, 0.2) is 0 Å². The highest BCUT2D eigenvalue weighted by atomic mass is 35.5. The Labute approximate surface area is 172 Å². The monoisotopic (exact) mass is 408 g/mol. The molecule has 2 N–H and O–H groups in total. The van der Waals surface area contributed by atoms with Gasteiger partial charge in [0.1, 0.15) is 11.5 Å². The molecule has 0 aliphatic carbocycles. The molecule has 29 heavy (non-hydrogen) atoms. The third-order valence-corrected chi connectivity index (χ3v) is 4.85. The number of hydrogen-bond acceptors (Lipinski definition) is 3. The summed E-state index contributed by atoms with van der Waals surface area (Å²) in [6.07, 6.45) is 0. The van der Waals surface area contributed by atoms with Crippen molar-refractivity contribution in [1.29, 1.82) is 0 Å². The minimum Gasteiger partial charge on any atom is -0.381 e. The van der Waals surface area contributed by atoms with E-state index in [-0.39, 0.29) is 10.9 Å². The van der Waals surface area contributed by atoms with Crippen LogP contribution in [0.1, 0.15) is 16.1 Å². The van der Waals surface area contributed by atoms with Crippen LogP contribution in [0.25, 0.3) is 10.9 Å². The number of fused-ring (bicyclic) bond motifs is 1. The number of hydrogen-bond donors (Lipinski definition) is 2. The van der Waals surface area contributed by atoms with Gasteiger partial charge in [-0.25, -0.2) is 4.39 Å². The lowest BCUT2D eigenvalue weighted by molar-refractivity contribution is 0.101. The Balaban J connectivity index is 1.60. The first-order valence-corrected chi connectivity index (χ1v) is 9.40. The van der Waals surface area contributed by atoms with Crippen LogP contribution < -0.4 is 10.6 Å². The molecular formula is C22H18ClFN4O. The van der Waals surface area contributed by atoms with Gasteiger partial charge in [0, 0.05) is 30.4 Å². The van der Waals surface area contributed by atoms with Crippen LogP contribution in [0.5, 0.6) is 0 Å². The second kappa shape index (κ2) is 7.93. The standard InChI is InChI=1S/C22H18ClFN4O/c1-28-21(22(29)26-16-7-9-19(24)18(23)12-16)17-11-15(8-10-20(17)27-28)25-13-14-5-3-2-4-6-14/h2-12,25H,13H2,1H3,(H,26,29). The highest BCUT2D eigenvalue weighted by molar-refractivity contribution is 6.31. The van der Waals surface area contributed by atoms with Crippen molar-refractivity contribution < 1.29 is 9.18 Å². The molecular weight excluding hydrogens is 391 g/mol. The molecule has 0 atom stereocenters. The number of nitrogens with zero attached hydrogens (tertiary/aromatic N) is 2. The van der Waals surface area contributed by atoms with Crippen molar-refractivity contribution in [3.8, 4) is 0 Å². The normalized spacial score (nSPS) is 10.9. The lowest BCUT2D eigenvalue weighted by Gasteiger charge is -2.08. The third-order valence-electron chi connectivity index (χ3n) is 4.57. The average molecular weight is 409 g/mol. The van der Waals surface area contributed by atoms with Crippen molar-refractivity contribution in [1.82, 2.24) is 9.78 Å². The van der Waals surface area contributed by atoms with E-state index in [2.05, 4.69) is 15.7 Å². The Morgan fingerprint density at radius 3 is 2.59 bits per heavy atom. The first-order chi connectivity index (χ1) is 14.0. The van der Waals surface area contributed by atoms with Crippen LogP contribution in [0.15, 0.2) is 66.7 Å². The van der Waals surface area contributed by atoms with E-state index < -0.39 is 5.82 Å². The Kier molecular flexibility index (Phi) is 5.18. The van der Waals surface area contributed by atoms with Crippen molar-refractivity contribution in [2.24, 2.45) is 7.05 Å². The maximum atomic E-state index is 13.4. The fourth-order valence-electron chi connectivity index (χ4n) is 3.14. The van der Waals surface area contributed by atoms with Gasteiger partial charge in [0.05, 0.1) is 10.5 Å². The molecule has 0 aliphatic rings. The molecule has 4 rings (SSSR count). The molecule has 146 valence electrons. The zero-order chi connectivity index (χ0) is 20.4. The SMILES string of the molecule is Cn1nc2ccc(NCc3ccccc3)cc2c1C(=O)Nc1ccc(F)c(Cl)c1. The molecule has 0 unspecified atom stereocenters. The van der Waals surface area contributed by atoms with E-state index in [1.54, 1.807) is 7.05 Å². The highest BCUT2D eigenvalue weighted by Crippen LogP contribution is 2.25. The maximum absolute atomic E-state index is 13.4. The van der Waals surface area contributed by atoms with E-state index in [1.165, 1.54) is 22.9 Å². The second-order valence-corrected chi connectivity index (χ2v) is 7.03. The molecule has 0 radical (unpaired) electrons. The number of rotatable bonds is 5. The number of halogens is 2. The zero-order valence-corrected chi connectivity index (χ0v) is 16.4. The average Bonchev–Trinajstić information content (AvgIpc) is 3.05. The second-order valence-electron chi connectivity index (χ2n) is 6.63. The summed E-state index contributed by atoms with van der Waals surface area (Å²) in [7, 11) is 1.71. The Bertz CT molecular complexity index is 1190. The van der Waals surface area contributed by atoms with Gasteiger partial charge in [0.25, 0.3) is 5.91 Å². The van der Waals surface area contributed by atoms with E-state index >= 15 is 0 Å². The molecule has 1 heterocycles. The van der Waals surface area contributed by atoms with Gasteiger partial charge >= 0.3 is 0 Å². The lowest BCUT2D eigenvalue weighted by Crippen LogP contribution is -2.16. The molecule has 1 aromatic heterocycles. The van der Waals surface area contributed by atoms with E-state index in [0.717, 1.165) is 16.6 Å².